The van der Waals surface area contributed by atoms with E-state index in [4.69, 9.17) is 5.73 Å². The first kappa shape index (κ1) is 25.2. The van der Waals surface area contributed by atoms with Crippen LogP contribution in [0.1, 0.15) is 43.4 Å². The van der Waals surface area contributed by atoms with Crippen molar-refractivity contribution in [1.29, 1.82) is 0 Å². The molecule has 190 valence electrons. The number of phenols is 1. The number of hydrogen-bond acceptors (Lipinski definition) is 8. The number of rotatable bonds is 5. The number of carbonyl (C=O) groups is 4. The minimum Gasteiger partial charge on any atom is -0.511 e. The smallest absolute Gasteiger partial charge is 0.255 e. The number of phenolic OH excluding ortho intramolecular Hbond substituents is 1. The SMILES string of the molecule is CCC1C(O)=C(C(N)=O)C(=O)C2C(=O)C3=C(O)c4c(O)c(/C=C/C(C)=O)cc(N(C)C)c4CC3CC12. The molecular weight excluding hydrogens is 464 g/mol. The number of benzene rings is 1. The van der Waals surface area contributed by atoms with Crippen molar-refractivity contribution in [3.63, 3.8) is 0 Å². The molecule has 9 heteroatoms. The third-order valence-electron chi connectivity index (χ3n) is 7.62. The van der Waals surface area contributed by atoms with E-state index in [-0.39, 0.29) is 28.4 Å². The van der Waals surface area contributed by atoms with Gasteiger partial charge in [-0.15, -0.1) is 0 Å². The third-order valence-corrected chi connectivity index (χ3v) is 7.62. The van der Waals surface area contributed by atoms with Gasteiger partial charge >= 0.3 is 0 Å². The minimum atomic E-state index is -1.25. The maximum absolute atomic E-state index is 13.7. The van der Waals surface area contributed by atoms with Gasteiger partial charge in [0, 0.05) is 36.8 Å². The van der Waals surface area contributed by atoms with Crippen LogP contribution in [0.2, 0.25) is 0 Å². The standard InChI is InChI=1S/C27H30N2O7/c1-5-14-15-8-13-9-16-17(29(3)4)10-12(7-6-11(2)30)22(31)20(16)25(34)18(13)24(33)19(15)26(35)21(23(14)32)27(28)36/h6-7,10,13-15,19,31-32,34H,5,8-9H2,1-4H3,(H2,28,36)/b7-6+. The number of aliphatic hydroxyl groups excluding tert-OH is 2. The van der Waals surface area contributed by atoms with E-state index in [2.05, 4.69) is 0 Å². The van der Waals surface area contributed by atoms with Crippen LogP contribution in [0.15, 0.2) is 29.0 Å². The van der Waals surface area contributed by atoms with Crippen LogP contribution in [-0.4, -0.2) is 52.7 Å². The number of fused-ring (bicyclic) bond motifs is 3. The molecule has 0 bridgehead atoms. The van der Waals surface area contributed by atoms with E-state index in [0.717, 1.165) is 0 Å². The highest BCUT2D eigenvalue weighted by atomic mass is 16.3. The summed E-state index contributed by atoms with van der Waals surface area (Å²) in [6, 6.07) is 1.71. The molecule has 0 aromatic heterocycles. The van der Waals surface area contributed by atoms with E-state index in [1.807, 2.05) is 19.0 Å². The summed E-state index contributed by atoms with van der Waals surface area (Å²) < 4.78 is 0. The van der Waals surface area contributed by atoms with Crippen LogP contribution < -0.4 is 10.6 Å². The molecule has 9 nitrogen and oxygen atoms in total. The number of nitrogens with two attached hydrogens (primary N) is 1. The molecular formula is C27H30N2O7. The van der Waals surface area contributed by atoms with Gasteiger partial charge in [0.1, 0.15) is 22.8 Å². The van der Waals surface area contributed by atoms with E-state index in [1.54, 1.807) is 13.0 Å². The van der Waals surface area contributed by atoms with Crippen LogP contribution in [0.3, 0.4) is 0 Å². The molecule has 0 heterocycles. The van der Waals surface area contributed by atoms with Crippen LogP contribution >= 0.6 is 0 Å². The highest BCUT2D eigenvalue weighted by Crippen LogP contribution is 2.53. The molecule has 1 amide bonds. The number of anilines is 1. The van der Waals surface area contributed by atoms with Gasteiger partial charge in [-0.2, -0.15) is 0 Å². The van der Waals surface area contributed by atoms with Crippen molar-refractivity contribution in [2.24, 2.45) is 29.4 Å². The number of aromatic hydroxyl groups is 1. The van der Waals surface area contributed by atoms with Crippen molar-refractivity contribution in [2.75, 3.05) is 19.0 Å². The average Bonchev–Trinajstić information content (AvgIpc) is 2.77. The van der Waals surface area contributed by atoms with Gasteiger partial charge in [-0.25, -0.2) is 0 Å². The first-order valence-corrected chi connectivity index (χ1v) is 11.9. The van der Waals surface area contributed by atoms with Crippen LogP contribution in [0.4, 0.5) is 5.69 Å². The second-order valence-electron chi connectivity index (χ2n) is 9.93. The molecule has 1 aromatic carbocycles. The van der Waals surface area contributed by atoms with E-state index in [1.165, 1.54) is 19.1 Å². The van der Waals surface area contributed by atoms with Crippen LogP contribution in [0.25, 0.3) is 11.8 Å². The lowest BCUT2D eigenvalue weighted by Crippen LogP contribution is -2.50. The van der Waals surface area contributed by atoms with E-state index in [9.17, 15) is 34.5 Å². The predicted octanol–water partition coefficient (Wildman–Crippen LogP) is 2.61. The second-order valence-corrected chi connectivity index (χ2v) is 9.93. The van der Waals surface area contributed by atoms with Crippen LogP contribution in [-0.2, 0) is 25.6 Å². The number of aliphatic hydroxyl groups is 2. The van der Waals surface area contributed by atoms with E-state index < -0.39 is 52.5 Å². The summed E-state index contributed by atoms with van der Waals surface area (Å²) in [5.41, 5.74) is 6.57. The van der Waals surface area contributed by atoms with Crippen molar-refractivity contribution in [1.82, 2.24) is 0 Å². The quantitative estimate of drug-likeness (QED) is 0.276. The normalized spacial score (nSPS) is 25.6. The Balaban J connectivity index is 1.92. The van der Waals surface area contributed by atoms with Gasteiger partial charge < -0.3 is 26.0 Å². The van der Waals surface area contributed by atoms with Gasteiger partial charge in [0.2, 0.25) is 0 Å². The molecule has 0 radical (unpaired) electrons. The summed E-state index contributed by atoms with van der Waals surface area (Å²) in [4.78, 5) is 52.2. The van der Waals surface area contributed by atoms with E-state index in [0.29, 0.717) is 36.1 Å². The average molecular weight is 495 g/mol. The zero-order valence-electron chi connectivity index (χ0n) is 20.7. The van der Waals surface area contributed by atoms with Crippen molar-refractivity contribution in [3.05, 3.63) is 45.7 Å². The van der Waals surface area contributed by atoms with Crippen molar-refractivity contribution in [3.8, 4) is 5.75 Å². The number of allylic oxidation sites excluding steroid dienone is 3. The molecule has 3 aliphatic carbocycles. The summed E-state index contributed by atoms with van der Waals surface area (Å²) in [5, 5.41) is 33.1. The first-order chi connectivity index (χ1) is 16.9. The molecule has 1 aromatic rings. The van der Waals surface area contributed by atoms with Gasteiger partial charge in [0.15, 0.2) is 17.3 Å². The largest absolute Gasteiger partial charge is 0.511 e. The first-order valence-electron chi connectivity index (χ1n) is 11.9. The molecule has 4 unspecified atom stereocenters. The molecule has 3 aliphatic rings. The van der Waals surface area contributed by atoms with Gasteiger partial charge in [0.05, 0.1) is 11.5 Å². The Morgan fingerprint density at radius 3 is 2.39 bits per heavy atom. The Morgan fingerprint density at radius 2 is 1.83 bits per heavy atom. The Morgan fingerprint density at radius 1 is 1.17 bits per heavy atom. The molecule has 0 aliphatic heterocycles. The Kier molecular flexibility index (Phi) is 6.28. The maximum Gasteiger partial charge on any atom is 0.255 e. The highest BCUT2D eigenvalue weighted by molar-refractivity contribution is 6.28. The van der Waals surface area contributed by atoms with Gasteiger partial charge in [-0.3, -0.25) is 19.2 Å². The third kappa shape index (κ3) is 3.70. The van der Waals surface area contributed by atoms with Crippen molar-refractivity contribution < 1.29 is 34.5 Å². The lowest BCUT2D eigenvalue weighted by Gasteiger charge is -2.44. The molecule has 4 atom stereocenters. The monoisotopic (exact) mass is 494 g/mol. The fourth-order valence-corrected chi connectivity index (χ4v) is 6.06. The summed E-state index contributed by atoms with van der Waals surface area (Å²) in [5.74, 6) is -6.67. The van der Waals surface area contributed by atoms with Crippen molar-refractivity contribution >= 4 is 40.8 Å². The number of amides is 1. The van der Waals surface area contributed by atoms with Gasteiger partial charge in [-0.05, 0) is 61.8 Å². The van der Waals surface area contributed by atoms with Crippen LogP contribution in [0, 0.1) is 23.7 Å². The zero-order valence-corrected chi connectivity index (χ0v) is 20.7. The summed E-state index contributed by atoms with van der Waals surface area (Å²) in [6.45, 7) is 3.17. The molecule has 1 fully saturated rings. The molecule has 5 N–H and O–H groups in total. The minimum absolute atomic E-state index is 0.0323. The highest BCUT2D eigenvalue weighted by Gasteiger charge is 2.54. The molecule has 0 saturated heterocycles. The Labute approximate surface area is 208 Å². The topological polar surface area (TPSA) is 158 Å². The fraction of sp³-hybridized carbons (Fsp3) is 0.407. The van der Waals surface area contributed by atoms with Gasteiger partial charge in [0.25, 0.3) is 5.91 Å². The summed E-state index contributed by atoms with van der Waals surface area (Å²) in [7, 11) is 3.62. The lowest BCUT2D eigenvalue weighted by atomic mass is 9.57. The predicted molar refractivity (Wildman–Crippen MR) is 133 cm³/mol. The number of Topliss-reactive ketones (excluding diaryl/α,β-unsaturated/α-hetero) is 2. The number of hydrogen-bond donors (Lipinski definition) is 4. The second kappa shape index (κ2) is 8.96. The molecule has 0 spiro atoms. The molecule has 1 saturated carbocycles. The Hall–Kier alpha value is -3.88. The summed E-state index contributed by atoms with van der Waals surface area (Å²) >= 11 is 0. The van der Waals surface area contributed by atoms with Crippen molar-refractivity contribution in [2.45, 2.75) is 33.1 Å². The fourth-order valence-electron chi connectivity index (χ4n) is 6.06. The summed E-state index contributed by atoms with van der Waals surface area (Å²) in [6.07, 6.45) is 3.78. The Bertz CT molecular complexity index is 1300. The zero-order chi connectivity index (χ0) is 26.6. The molecule has 36 heavy (non-hydrogen) atoms. The number of ketones is 3. The van der Waals surface area contributed by atoms with E-state index >= 15 is 0 Å². The number of carbonyl (C=O) groups excluding carboxylic acids is 4. The van der Waals surface area contributed by atoms with Crippen LogP contribution in [0.5, 0.6) is 5.75 Å². The lowest BCUT2D eigenvalue weighted by molar-refractivity contribution is -0.136. The van der Waals surface area contributed by atoms with Gasteiger partial charge in [-0.1, -0.05) is 6.92 Å². The number of nitrogens with zero attached hydrogens (tertiary/aromatic N) is 1. The maximum atomic E-state index is 13.7. The molecule has 4 rings (SSSR count). The number of primary amides is 1.